The van der Waals surface area contributed by atoms with Gasteiger partial charge in [0.1, 0.15) is 13.1 Å². The van der Waals surface area contributed by atoms with Crippen LogP contribution in [-0.2, 0) is 11.2 Å². The number of ketones is 1. The number of benzene rings is 1. The number of hydrogen-bond acceptors (Lipinski definition) is 2. The van der Waals surface area contributed by atoms with E-state index >= 15 is 0 Å². The Balaban J connectivity index is 0.00000324. The zero-order valence-electron chi connectivity index (χ0n) is 11.8. The second-order valence-electron chi connectivity index (χ2n) is 4.78. The first kappa shape index (κ1) is 18.3. The van der Waals surface area contributed by atoms with E-state index in [1.807, 2.05) is 30.3 Å². The van der Waals surface area contributed by atoms with Crippen molar-refractivity contribution in [2.45, 2.75) is 20.3 Å². The minimum absolute atomic E-state index is 0. The highest BCUT2D eigenvalue weighted by Crippen LogP contribution is 2.08. The third-order valence-corrected chi connectivity index (χ3v) is 3.67. The van der Waals surface area contributed by atoms with Crippen LogP contribution in [0, 0.1) is 0 Å². The van der Waals surface area contributed by atoms with Gasteiger partial charge in [-0.1, -0.05) is 30.3 Å². The summed E-state index contributed by atoms with van der Waals surface area (Å²) in [6, 6.07) is 9.83. The highest BCUT2D eigenvalue weighted by atomic mass is 79.9. The molecule has 0 radical (unpaired) electrons. The van der Waals surface area contributed by atoms with Crippen molar-refractivity contribution in [3.05, 3.63) is 35.9 Å². The highest BCUT2D eigenvalue weighted by molar-refractivity contribution is 5.81. The number of aliphatic hydroxyl groups is 1. The maximum atomic E-state index is 12.1. The number of nitrogens with zero attached hydrogens (tertiary/aromatic N) is 1. The van der Waals surface area contributed by atoms with E-state index < -0.39 is 0 Å². The van der Waals surface area contributed by atoms with Gasteiger partial charge in [-0.3, -0.25) is 4.79 Å². The minimum atomic E-state index is 0. The first-order chi connectivity index (χ1) is 8.65. The number of aliphatic hydroxyl groups excluding tert-OH is 1. The highest BCUT2D eigenvalue weighted by Gasteiger charge is 2.25. The normalized spacial score (nSPS) is 10.9. The molecule has 0 saturated heterocycles. The van der Waals surface area contributed by atoms with Gasteiger partial charge in [0.05, 0.1) is 19.7 Å². The zero-order chi connectivity index (χ0) is 13.4. The van der Waals surface area contributed by atoms with Gasteiger partial charge in [0.2, 0.25) is 0 Å². The number of carbonyl (C=O) groups is 1. The van der Waals surface area contributed by atoms with Crippen molar-refractivity contribution < 1.29 is 31.4 Å². The molecule has 19 heavy (non-hydrogen) atoms. The predicted octanol–water partition coefficient (Wildman–Crippen LogP) is -1.35. The molecule has 4 heteroatoms. The van der Waals surface area contributed by atoms with E-state index in [2.05, 4.69) is 13.8 Å². The van der Waals surface area contributed by atoms with E-state index in [9.17, 15) is 4.79 Å². The molecule has 0 saturated carbocycles. The van der Waals surface area contributed by atoms with Gasteiger partial charge in [0.15, 0.2) is 5.78 Å². The summed E-state index contributed by atoms with van der Waals surface area (Å²) >= 11 is 0. The second-order valence-corrected chi connectivity index (χ2v) is 4.78. The molecule has 0 heterocycles. The Labute approximate surface area is 126 Å². The largest absolute Gasteiger partial charge is 1.00 e. The molecule has 108 valence electrons. The van der Waals surface area contributed by atoms with Crippen LogP contribution in [-0.4, -0.2) is 48.2 Å². The number of carbonyl (C=O) groups excluding carboxylic acids is 1. The fourth-order valence-electron chi connectivity index (χ4n) is 2.31. The lowest BCUT2D eigenvalue weighted by Crippen LogP contribution is -3.00. The summed E-state index contributed by atoms with van der Waals surface area (Å²) in [7, 11) is 0. The smallest absolute Gasteiger partial charge is 0.191 e. The van der Waals surface area contributed by atoms with E-state index in [0.29, 0.717) is 24.0 Å². The fourth-order valence-corrected chi connectivity index (χ4v) is 2.31. The quantitative estimate of drug-likeness (QED) is 0.599. The average molecular weight is 330 g/mol. The number of Topliss-reactive ketones (excluding diaryl/α,β-unsaturated/α-hetero) is 1. The fraction of sp³-hybridized carbons (Fsp3) is 0.533. The van der Waals surface area contributed by atoms with E-state index in [-0.39, 0.29) is 29.4 Å². The third-order valence-electron chi connectivity index (χ3n) is 3.67. The van der Waals surface area contributed by atoms with Crippen molar-refractivity contribution >= 4 is 5.78 Å². The Bertz CT molecular complexity index is 364. The van der Waals surface area contributed by atoms with Crippen LogP contribution in [0.4, 0.5) is 0 Å². The Morgan fingerprint density at radius 3 is 2.21 bits per heavy atom. The van der Waals surface area contributed by atoms with Gasteiger partial charge in [-0.05, 0) is 19.4 Å². The molecule has 1 aromatic rings. The molecule has 0 aliphatic heterocycles. The lowest BCUT2D eigenvalue weighted by molar-refractivity contribution is -0.917. The molecule has 3 nitrogen and oxygen atoms in total. The van der Waals surface area contributed by atoms with Crippen LogP contribution in [0.3, 0.4) is 0 Å². The summed E-state index contributed by atoms with van der Waals surface area (Å²) in [6.07, 6.45) is 0.492. The third kappa shape index (κ3) is 5.85. The number of halogens is 1. The lowest BCUT2D eigenvalue weighted by Gasteiger charge is -2.35. The van der Waals surface area contributed by atoms with E-state index in [1.54, 1.807) is 0 Å². The predicted molar refractivity (Wildman–Crippen MR) is 73.3 cm³/mol. The summed E-state index contributed by atoms with van der Waals surface area (Å²) in [4.78, 5) is 12.1. The molecule has 0 aliphatic carbocycles. The molecular weight excluding hydrogens is 306 g/mol. The van der Waals surface area contributed by atoms with Gasteiger partial charge >= 0.3 is 0 Å². The number of rotatable bonds is 8. The van der Waals surface area contributed by atoms with Crippen LogP contribution in [0.2, 0.25) is 0 Å². The van der Waals surface area contributed by atoms with Gasteiger partial charge < -0.3 is 26.6 Å². The van der Waals surface area contributed by atoms with Crippen molar-refractivity contribution in [3.8, 4) is 0 Å². The maximum Gasteiger partial charge on any atom is 0.191 e. The monoisotopic (exact) mass is 329 g/mol. The Morgan fingerprint density at radius 1 is 1.16 bits per heavy atom. The number of quaternary nitrogens is 1. The summed E-state index contributed by atoms with van der Waals surface area (Å²) in [5, 5.41) is 9.14. The molecule has 0 aromatic heterocycles. The molecule has 0 amide bonds. The SMILES string of the molecule is CC[N+](CC)(CCO)CC(=O)Cc1ccccc1.[Br-]. The van der Waals surface area contributed by atoms with Crippen molar-refractivity contribution in [3.63, 3.8) is 0 Å². The van der Waals surface area contributed by atoms with Gasteiger partial charge in [0, 0.05) is 6.42 Å². The molecule has 0 fully saturated rings. The molecule has 0 atom stereocenters. The summed E-state index contributed by atoms with van der Waals surface area (Å²) < 4.78 is 0.683. The van der Waals surface area contributed by atoms with Crippen molar-refractivity contribution in [2.75, 3.05) is 32.8 Å². The molecular formula is C15H24BrNO2. The molecule has 0 aliphatic rings. The Hall–Kier alpha value is -0.710. The van der Waals surface area contributed by atoms with Crippen LogP contribution >= 0.6 is 0 Å². The van der Waals surface area contributed by atoms with E-state index in [4.69, 9.17) is 5.11 Å². The van der Waals surface area contributed by atoms with Gasteiger partial charge in [0.25, 0.3) is 0 Å². The Kier molecular flexibility index (Phi) is 8.89. The van der Waals surface area contributed by atoms with Crippen LogP contribution in [0.5, 0.6) is 0 Å². The first-order valence-corrected chi connectivity index (χ1v) is 6.67. The molecule has 1 aromatic carbocycles. The van der Waals surface area contributed by atoms with Crippen LogP contribution in [0.1, 0.15) is 19.4 Å². The number of hydrogen-bond donors (Lipinski definition) is 1. The van der Waals surface area contributed by atoms with E-state index in [0.717, 1.165) is 18.7 Å². The minimum Gasteiger partial charge on any atom is -1.00 e. The maximum absolute atomic E-state index is 12.1. The lowest BCUT2D eigenvalue weighted by atomic mass is 10.1. The number of likely N-dealkylation sites (N-methyl/N-ethyl adjacent to an activating group) is 1. The molecule has 0 bridgehead atoms. The van der Waals surface area contributed by atoms with Gasteiger partial charge in [-0.2, -0.15) is 0 Å². The molecule has 1 N–H and O–H groups in total. The van der Waals surface area contributed by atoms with Crippen molar-refractivity contribution in [2.24, 2.45) is 0 Å². The van der Waals surface area contributed by atoms with Crippen LogP contribution in [0.25, 0.3) is 0 Å². The van der Waals surface area contributed by atoms with Crippen LogP contribution in [0.15, 0.2) is 30.3 Å². The average Bonchev–Trinajstić information content (AvgIpc) is 2.39. The zero-order valence-corrected chi connectivity index (χ0v) is 13.4. The molecule has 0 unspecified atom stereocenters. The molecule has 0 spiro atoms. The summed E-state index contributed by atoms with van der Waals surface area (Å²) in [5.74, 6) is 0.248. The summed E-state index contributed by atoms with van der Waals surface area (Å²) in [5.41, 5.74) is 1.07. The topological polar surface area (TPSA) is 37.3 Å². The van der Waals surface area contributed by atoms with Crippen molar-refractivity contribution in [1.82, 2.24) is 0 Å². The standard InChI is InChI=1S/C15H24NO2.BrH/c1-3-16(4-2,10-11-17)13-15(18)12-14-8-6-5-7-9-14;/h5-9,17H,3-4,10-13H2,1-2H3;1H/q+1;/p-1. The Morgan fingerprint density at radius 2 is 1.74 bits per heavy atom. The second kappa shape index (κ2) is 9.23. The van der Waals surface area contributed by atoms with Gasteiger partial charge in [-0.25, -0.2) is 0 Å². The summed E-state index contributed by atoms with van der Waals surface area (Å²) in [6.45, 7) is 7.25. The molecule has 1 rings (SSSR count). The first-order valence-electron chi connectivity index (χ1n) is 6.67. The van der Waals surface area contributed by atoms with Crippen molar-refractivity contribution in [1.29, 1.82) is 0 Å². The van der Waals surface area contributed by atoms with E-state index in [1.165, 1.54) is 0 Å². The van der Waals surface area contributed by atoms with Gasteiger partial charge in [-0.15, -0.1) is 0 Å². The van der Waals surface area contributed by atoms with Crippen LogP contribution < -0.4 is 17.0 Å².